The Morgan fingerprint density at radius 2 is 0.713 bits per heavy atom. The maximum atomic E-state index is 12.8. The molecule has 0 aromatic heterocycles. The SMILES string of the molecule is CC/C=C\C/C=C\C/C=C\C/C=C\C/C=C\C/C=C\C/C=C\CCCCCCCCCCCCCCCC(=O)OC(COC(=O)CCCCCCCCCCCCCCCCCCCCCCC)COP(=O)([O-])OCC[N+](C)(C)C. The highest BCUT2D eigenvalue weighted by molar-refractivity contribution is 7.45. The number of unbranched alkanes of at least 4 members (excludes halogenated alkanes) is 33. The molecular weight excluding hydrogens is 1010 g/mol. The van der Waals surface area contributed by atoms with E-state index in [0.29, 0.717) is 17.4 Å². The zero-order valence-corrected chi connectivity index (χ0v) is 53.7. The normalized spacial score (nSPS) is 13.7. The first-order chi connectivity index (χ1) is 39.0. The Hall–Kier alpha value is -2.81. The van der Waals surface area contributed by atoms with Crippen molar-refractivity contribution in [1.29, 1.82) is 0 Å². The van der Waals surface area contributed by atoms with E-state index in [1.54, 1.807) is 0 Å². The smallest absolute Gasteiger partial charge is 0.306 e. The predicted octanol–water partition coefficient (Wildman–Crippen LogP) is 20.7. The van der Waals surface area contributed by atoms with Gasteiger partial charge in [0.05, 0.1) is 27.7 Å². The van der Waals surface area contributed by atoms with Crippen LogP contribution in [-0.2, 0) is 32.7 Å². The van der Waals surface area contributed by atoms with E-state index in [2.05, 4.69) is 98.9 Å². The summed E-state index contributed by atoms with van der Waals surface area (Å²) in [6, 6.07) is 0. The zero-order chi connectivity index (χ0) is 58.4. The first-order valence-electron chi connectivity index (χ1n) is 33.3. The van der Waals surface area contributed by atoms with Gasteiger partial charge in [0, 0.05) is 12.8 Å². The molecule has 2 unspecified atom stereocenters. The van der Waals surface area contributed by atoms with Crippen LogP contribution in [0.15, 0.2) is 85.1 Å². The van der Waals surface area contributed by atoms with Gasteiger partial charge in [-0.3, -0.25) is 14.2 Å². The summed E-state index contributed by atoms with van der Waals surface area (Å²) in [6.45, 7) is 4.16. The van der Waals surface area contributed by atoms with Crippen molar-refractivity contribution in [3.63, 3.8) is 0 Å². The average Bonchev–Trinajstić information content (AvgIpc) is 3.42. The van der Waals surface area contributed by atoms with E-state index in [1.165, 1.54) is 180 Å². The van der Waals surface area contributed by atoms with Gasteiger partial charge in [0.1, 0.15) is 19.8 Å². The van der Waals surface area contributed by atoms with Crippen LogP contribution >= 0.6 is 7.82 Å². The van der Waals surface area contributed by atoms with Gasteiger partial charge in [-0.1, -0.05) is 298 Å². The van der Waals surface area contributed by atoms with Gasteiger partial charge in [0.25, 0.3) is 7.82 Å². The number of quaternary nitrogens is 1. The molecule has 0 fully saturated rings. The van der Waals surface area contributed by atoms with Crippen LogP contribution in [0, 0.1) is 0 Å². The molecule has 0 aliphatic heterocycles. The van der Waals surface area contributed by atoms with Crippen LogP contribution in [0.4, 0.5) is 0 Å². The topological polar surface area (TPSA) is 111 Å². The number of likely N-dealkylation sites (N-methyl/N-ethyl adjacent to an activating group) is 1. The molecule has 0 aromatic carbocycles. The molecule has 464 valence electrons. The molecule has 0 aliphatic carbocycles. The van der Waals surface area contributed by atoms with Gasteiger partial charge in [0.15, 0.2) is 6.10 Å². The number of carbonyl (C=O) groups excluding carboxylic acids is 2. The fourth-order valence-electron chi connectivity index (χ4n) is 9.35. The van der Waals surface area contributed by atoms with E-state index in [4.69, 9.17) is 18.5 Å². The van der Waals surface area contributed by atoms with Crippen molar-refractivity contribution < 1.29 is 42.1 Å². The molecule has 10 heteroatoms. The first kappa shape index (κ1) is 77.2. The Kier molecular flexibility index (Phi) is 58.6. The number of nitrogens with zero attached hydrogens (tertiary/aromatic N) is 1. The fraction of sp³-hybridized carbons (Fsp3) is 0.771. The zero-order valence-electron chi connectivity index (χ0n) is 52.8. The van der Waals surface area contributed by atoms with Crippen molar-refractivity contribution >= 4 is 19.8 Å². The lowest BCUT2D eigenvalue weighted by atomic mass is 10.0. The number of rotatable bonds is 61. The number of hydrogen-bond donors (Lipinski definition) is 0. The lowest BCUT2D eigenvalue weighted by molar-refractivity contribution is -0.870. The molecule has 0 N–H and O–H groups in total. The predicted molar refractivity (Wildman–Crippen MR) is 342 cm³/mol. The molecule has 0 spiro atoms. The van der Waals surface area contributed by atoms with Gasteiger partial charge >= 0.3 is 11.9 Å². The Morgan fingerprint density at radius 1 is 0.400 bits per heavy atom. The van der Waals surface area contributed by atoms with Crippen LogP contribution in [0.2, 0.25) is 0 Å². The molecule has 0 amide bonds. The van der Waals surface area contributed by atoms with Crippen LogP contribution in [0.3, 0.4) is 0 Å². The molecule has 0 rings (SSSR count). The minimum absolute atomic E-state index is 0.0317. The largest absolute Gasteiger partial charge is 0.756 e. The molecule has 0 heterocycles. The Morgan fingerprint density at radius 3 is 1.06 bits per heavy atom. The first-order valence-corrected chi connectivity index (χ1v) is 34.8. The van der Waals surface area contributed by atoms with Crippen molar-refractivity contribution in [3.05, 3.63) is 85.1 Å². The van der Waals surface area contributed by atoms with Crippen LogP contribution < -0.4 is 4.89 Å². The van der Waals surface area contributed by atoms with Crippen molar-refractivity contribution in [2.75, 3.05) is 47.5 Å². The second-order valence-corrected chi connectivity index (χ2v) is 24.9. The quantitative estimate of drug-likeness (QED) is 0.0195. The number of esters is 2. The summed E-state index contributed by atoms with van der Waals surface area (Å²) in [7, 11) is 1.17. The van der Waals surface area contributed by atoms with Crippen LogP contribution in [0.25, 0.3) is 0 Å². The van der Waals surface area contributed by atoms with E-state index in [-0.39, 0.29) is 32.0 Å². The summed E-state index contributed by atoms with van der Waals surface area (Å²) in [5, 5.41) is 0. The Bertz CT molecular complexity index is 1630. The van der Waals surface area contributed by atoms with E-state index in [0.717, 1.165) is 83.5 Å². The lowest BCUT2D eigenvalue weighted by Gasteiger charge is -2.28. The Labute approximate surface area is 494 Å². The van der Waals surface area contributed by atoms with Crippen molar-refractivity contribution in [3.8, 4) is 0 Å². The molecule has 0 aromatic rings. The maximum absolute atomic E-state index is 12.8. The third kappa shape index (κ3) is 64.4. The number of hydrogen-bond acceptors (Lipinski definition) is 8. The average molecular weight is 1140 g/mol. The van der Waals surface area contributed by atoms with Gasteiger partial charge in [-0.25, -0.2) is 0 Å². The minimum atomic E-state index is -4.64. The Balaban J connectivity index is 4.06. The molecule has 0 saturated carbocycles. The maximum Gasteiger partial charge on any atom is 0.306 e. The standard InChI is InChI=1S/C70H126NO8P/c1-6-8-10-12-14-16-18-20-22-24-26-28-29-30-31-32-33-34-35-36-37-38-39-40-41-43-45-47-49-51-53-55-57-59-61-63-70(73)79-68(67-78-80(74,75)77-65-64-71(3,4)5)66-76-69(72)62-60-58-56-54-52-50-48-46-44-42-27-25-23-21-19-17-15-13-11-9-7-2/h8,10,14,16,20,22,26,28,30-31,33-34,36-37,68H,6-7,9,11-13,15,17-19,21,23-25,27,29,32,35,38-67H2,1-5H3/b10-8-,16-14-,22-20-,28-26-,31-30-,34-33-,37-36-. The molecule has 2 atom stereocenters. The van der Waals surface area contributed by atoms with Crippen LogP contribution in [-0.4, -0.2) is 70.0 Å². The van der Waals surface area contributed by atoms with Crippen molar-refractivity contribution in [1.82, 2.24) is 0 Å². The summed E-state index contributed by atoms with van der Waals surface area (Å²) >= 11 is 0. The minimum Gasteiger partial charge on any atom is -0.756 e. The van der Waals surface area contributed by atoms with Crippen molar-refractivity contribution in [2.45, 2.75) is 302 Å². The van der Waals surface area contributed by atoms with E-state index < -0.39 is 26.5 Å². The third-order valence-electron chi connectivity index (χ3n) is 14.4. The molecule has 0 bridgehead atoms. The summed E-state index contributed by atoms with van der Waals surface area (Å²) < 4.78 is 34.3. The highest BCUT2D eigenvalue weighted by Crippen LogP contribution is 2.38. The monoisotopic (exact) mass is 1140 g/mol. The van der Waals surface area contributed by atoms with Crippen molar-refractivity contribution in [2.24, 2.45) is 0 Å². The number of phosphoric acid groups is 1. The molecule has 0 radical (unpaired) electrons. The summed E-state index contributed by atoms with van der Waals surface area (Å²) in [6.07, 6.45) is 82.2. The molecule has 0 aliphatic rings. The van der Waals surface area contributed by atoms with Gasteiger partial charge in [-0.15, -0.1) is 0 Å². The van der Waals surface area contributed by atoms with E-state index in [1.807, 2.05) is 21.1 Å². The molecular formula is C70H126NO8P. The van der Waals surface area contributed by atoms with Crippen LogP contribution in [0.1, 0.15) is 296 Å². The number of allylic oxidation sites excluding steroid dienone is 14. The number of carbonyl (C=O) groups is 2. The van der Waals surface area contributed by atoms with Gasteiger partial charge < -0.3 is 27.9 Å². The summed E-state index contributed by atoms with van der Waals surface area (Å²) in [5.74, 6) is -0.824. The summed E-state index contributed by atoms with van der Waals surface area (Å²) in [5.41, 5.74) is 0. The van der Waals surface area contributed by atoms with Gasteiger partial charge in [-0.2, -0.15) is 0 Å². The molecule has 0 saturated heterocycles. The highest BCUT2D eigenvalue weighted by atomic mass is 31.2. The molecule has 80 heavy (non-hydrogen) atoms. The number of phosphoric ester groups is 1. The van der Waals surface area contributed by atoms with E-state index >= 15 is 0 Å². The lowest BCUT2D eigenvalue weighted by Crippen LogP contribution is -2.37. The highest BCUT2D eigenvalue weighted by Gasteiger charge is 2.22. The van der Waals surface area contributed by atoms with Gasteiger partial charge in [-0.05, 0) is 70.6 Å². The van der Waals surface area contributed by atoms with Gasteiger partial charge in [0.2, 0.25) is 0 Å². The third-order valence-corrected chi connectivity index (χ3v) is 15.4. The summed E-state index contributed by atoms with van der Waals surface area (Å²) in [4.78, 5) is 38.0. The van der Waals surface area contributed by atoms with E-state index in [9.17, 15) is 19.0 Å². The fourth-order valence-corrected chi connectivity index (χ4v) is 10.1. The second kappa shape index (κ2) is 60.8. The molecule has 9 nitrogen and oxygen atoms in total. The number of ether oxygens (including phenoxy) is 2. The van der Waals surface area contributed by atoms with Crippen LogP contribution in [0.5, 0.6) is 0 Å². The second-order valence-electron chi connectivity index (χ2n) is 23.5.